The monoisotopic (exact) mass is 351 g/mol. The molecule has 2 aromatic carbocycles. The summed E-state index contributed by atoms with van der Waals surface area (Å²) in [6.45, 7) is -2.68. The van der Waals surface area contributed by atoms with Crippen LogP contribution >= 0.6 is 0 Å². The summed E-state index contributed by atoms with van der Waals surface area (Å²) in [6.07, 6.45) is 0. The number of non-ortho nitro benzene ring substituents is 1. The average molecular weight is 351 g/mol. The SMILES string of the molecule is CN(Cc1ccc(OC(F)F)cc1)C(=O)Nc1cccc([N+](=O)[O-])c1. The Morgan fingerprint density at radius 2 is 1.96 bits per heavy atom. The number of urea groups is 1. The van der Waals surface area contributed by atoms with E-state index in [-0.39, 0.29) is 18.0 Å². The molecule has 0 bridgehead atoms. The predicted octanol–water partition coefficient (Wildman–Crippen LogP) is 3.86. The van der Waals surface area contributed by atoms with E-state index in [1.165, 1.54) is 48.3 Å². The molecule has 2 rings (SSSR count). The normalized spacial score (nSPS) is 10.4. The molecule has 0 fully saturated rings. The lowest BCUT2D eigenvalue weighted by Gasteiger charge is -2.18. The molecule has 9 heteroatoms. The number of carbonyl (C=O) groups is 1. The highest BCUT2D eigenvalue weighted by molar-refractivity contribution is 5.89. The smallest absolute Gasteiger partial charge is 0.387 e. The molecular formula is C16H15F2N3O4. The number of alkyl halides is 2. The van der Waals surface area contributed by atoms with Crippen molar-refractivity contribution in [1.82, 2.24) is 4.90 Å². The van der Waals surface area contributed by atoms with Crippen LogP contribution in [0.2, 0.25) is 0 Å². The quantitative estimate of drug-likeness (QED) is 0.633. The van der Waals surface area contributed by atoms with Gasteiger partial charge in [-0.25, -0.2) is 4.79 Å². The van der Waals surface area contributed by atoms with Gasteiger partial charge >= 0.3 is 12.6 Å². The Bertz CT molecular complexity index is 753. The molecule has 0 aliphatic carbocycles. The van der Waals surface area contributed by atoms with Gasteiger partial charge in [-0.2, -0.15) is 8.78 Å². The number of nitrogens with zero attached hydrogens (tertiary/aromatic N) is 2. The molecule has 0 unspecified atom stereocenters. The minimum absolute atomic E-state index is 0.0300. The van der Waals surface area contributed by atoms with E-state index in [2.05, 4.69) is 10.1 Å². The van der Waals surface area contributed by atoms with Gasteiger partial charge in [0.25, 0.3) is 5.69 Å². The van der Waals surface area contributed by atoms with Gasteiger partial charge in [0, 0.05) is 31.4 Å². The molecular weight excluding hydrogens is 336 g/mol. The molecule has 7 nitrogen and oxygen atoms in total. The number of hydrogen-bond donors (Lipinski definition) is 1. The maximum absolute atomic E-state index is 12.1. The van der Waals surface area contributed by atoms with E-state index in [4.69, 9.17) is 0 Å². The van der Waals surface area contributed by atoms with Crippen LogP contribution in [-0.4, -0.2) is 29.5 Å². The molecule has 0 aromatic heterocycles. The van der Waals surface area contributed by atoms with Crippen molar-refractivity contribution in [3.05, 3.63) is 64.2 Å². The largest absolute Gasteiger partial charge is 0.435 e. The molecule has 0 heterocycles. The van der Waals surface area contributed by atoms with Gasteiger partial charge in [0.05, 0.1) is 4.92 Å². The third-order valence-corrected chi connectivity index (χ3v) is 3.22. The van der Waals surface area contributed by atoms with E-state index < -0.39 is 17.6 Å². The summed E-state index contributed by atoms with van der Waals surface area (Å²) in [6, 6.07) is 11.0. The molecule has 2 aromatic rings. The lowest BCUT2D eigenvalue weighted by Crippen LogP contribution is -2.30. The summed E-state index contributed by atoms with van der Waals surface area (Å²) in [5, 5.41) is 13.3. The number of rotatable bonds is 6. The second kappa shape index (κ2) is 8.04. The number of nitro benzene ring substituents is 1. The van der Waals surface area contributed by atoms with Gasteiger partial charge in [-0.05, 0) is 23.8 Å². The predicted molar refractivity (Wildman–Crippen MR) is 86.7 cm³/mol. The van der Waals surface area contributed by atoms with Crippen LogP contribution in [0, 0.1) is 10.1 Å². The minimum atomic E-state index is -2.89. The van der Waals surface area contributed by atoms with E-state index in [9.17, 15) is 23.7 Å². The average Bonchev–Trinajstić information content (AvgIpc) is 2.56. The third-order valence-electron chi connectivity index (χ3n) is 3.22. The zero-order chi connectivity index (χ0) is 18.4. The van der Waals surface area contributed by atoms with Crippen LogP contribution < -0.4 is 10.1 Å². The second-order valence-electron chi connectivity index (χ2n) is 5.12. The zero-order valence-electron chi connectivity index (χ0n) is 13.2. The zero-order valence-corrected chi connectivity index (χ0v) is 13.2. The highest BCUT2D eigenvalue weighted by Crippen LogP contribution is 2.18. The standard InChI is InChI=1S/C16H15F2N3O4/c1-20(10-11-5-7-14(8-6-11)25-15(17)18)16(22)19-12-3-2-4-13(9-12)21(23)24/h2-9,15H,10H2,1H3,(H,19,22). The highest BCUT2D eigenvalue weighted by atomic mass is 19.3. The number of benzene rings is 2. The number of hydrogen-bond acceptors (Lipinski definition) is 4. The molecule has 0 aliphatic heterocycles. The molecule has 2 amide bonds. The number of ether oxygens (including phenoxy) is 1. The van der Waals surface area contributed by atoms with E-state index in [0.29, 0.717) is 11.3 Å². The van der Waals surface area contributed by atoms with Gasteiger partial charge in [0.2, 0.25) is 0 Å². The van der Waals surface area contributed by atoms with E-state index in [1.54, 1.807) is 12.1 Å². The topological polar surface area (TPSA) is 84.7 Å². The summed E-state index contributed by atoms with van der Waals surface area (Å²) in [7, 11) is 1.54. The van der Waals surface area contributed by atoms with Crippen molar-refractivity contribution in [2.45, 2.75) is 13.2 Å². The first-order chi connectivity index (χ1) is 11.8. The van der Waals surface area contributed by atoms with Crippen LogP contribution in [0.3, 0.4) is 0 Å². The van der Waals surface area contributed by atoms with Gasteiger partial charge in [-0.3, -0.25) is 10.1 Å². The summed E-state index contributed by atoms with van der Waals surface area (Å²) >= 11 is 0. The first kappa shape index (κ1) is 18.1. The second-order valence-corrected chi connectivity index (χ2v) is 5.12. The fourth-order valence-corrected chi connectivity index (χ4v) is 2.04. The molecule has 0 spiro atoms. The maximum atomic E-state index is 12.1. The van der Waals surface area contributed by atoms with Gasteiger partial charge in [-0.1, -0.05) is 18.2 Å². The Kier molecular flexibility index (Phi) is 5.83. The third kappa shape index (κ3) is 5.41. The molecule has 0 aliphatic rings. The minimum Gasteiger partial charge on any atom is -0.435 e. The van der Waals surface area contributed by atoms with Crippen molar-refractivity contribution >= 4 is 17.4 Å². The highest BCUT2D eigenvalue weighted by Gasteiger charge is 2.12. The van der Waals surface area contributed by atoms with Crippen molar-refractivity contribution in [3.63, 3.8) is 0 Å². The van der Waals surface area contributed by atoms with E-state index in [1.807, 2.05) is 0 Å². The lowest BCUT2D eigenvalue weighted by atomic mass is 10.2. The molecule has 0 saturated carbocycles. The molecule has 0 saturated heterocycles. The Hall–Kier alpha value is -3.23. The van der Waals surface area contributed by atoms with E-state index in [0.717, 1.165) is 0 Å². The number of nitrogens with one attached hydrogen (secondary N) is 1. The lowest BCUT2D eigenvalue weighted by molar-refractivity contribution is -0.384. The fourth-order valence-electron chi connectivity index (χ4n) is 2.04. The summed E-state index contributed by atoms with van der Waals surface area (Å²) in [4.78, 5) is 23.7. The number of halogens is 2. The Morgan fingerprint density at radius 1 is 1.28 bits per heavy atom. The molecule has 0 atom stereocenters. The molecule has 132 valence electrons. The number of anilines is 1. The fraction of sp³-hybridized carbons (Fsp3) is 0.188. The Labute approximate surface area is 142 Å². The van der Waals surface area contributed by atoms with Crippen LogP contribution in [0.25, 0.3) is 0 Å². The number of carbonyl (C=O) groups excluding carboxylic acids is 1. The van der Waals surface area contributed by atoms with Gasteiger partial charge in [0.15, 0.2) is 0 Å². The Morgan fingerprint density at radius 3 is 2.56 bits per heavy atom. The van der Waals surface area contributed by atoms with Crippen molar-refractivity contribution in [3.8, 4) is 5.75 Å². The summed E-state index contributed by atoms with van der Waals surface area (Å²) < 4.78 is 28.4. The van der Waals surface area contributed by atoms with Crippen LogP contribution in [0.1, 0.15) is 5.56 Å². The Balaban J connectivity index is 1.96. The summed E-state index contributed by atoms with van der Waals surface area (Å²) in [5.41, 5.74) is 0.875. The van der Waals surface area contributed by atoms with Crippen molar-refractivity contribution < 1.29 is 23.2 Å². The van der Waals surface area contributed by atoms with Crippen LogP contribution in [0.4, 0.5) is 25.0 Å². The van der Waals surface area contributed by atoms with E-state index >= 15 is 0 Å². The van der Waals surface area contributed by atoms with Crippen molar-refractivity contribution in [1.29, 1.82) is 0 Å². The summed E-state index contributed by atoms with van der Waals surface area (Å²) in [5.74, 6) is 0.0300. The molecule has 1 N–H and O–H groups in total. The van der Waals surface area contributed by atoms with Gasteiger partial charge in [-0.15, -0.1) is 0 Å². The maximum Gasteiger partial charge on any atom is 0.387 e. The molecule has 25 heavy (non-hydrogen) atoms. The van der Waals surface area contributed by atoms with Crippen molar-refractivity contribution in [2.75, 3.05) is 12.4 Å². The van der Waals surface area contributed by atoms with Crippen LogP contribution in [0.15, 0.2) is 48.5 Å². The van der Waals surface area contributed by atoms with Gasteiger partial charge in [0.1, 0.15) is 5.75 Å². The molecule has 0 radical (unpaired) electrons. The first-order valence-corrected chi connectivity index (χ1v) is 7.15. The number of nitro groups is 1. The first-order valence-electron chi connectivity index (χ1n) is 7.15. The van der Waals surface area contributed by atoms with Crippen LogP contribution in [0.5, 0.6) is 5.75 Å². The van der Waals surface area contributed by atoms with Gasteiger partial charge < -0.3 is 15.0 Å². The number of amides is 2. The van der Waals surface area contributed by atoms with Crippen molar-refractivity contribution in [2.24, 2.45) is 0 Å². The van der Waals surface area contributed by atoms with Crippen LogP contribution in [-0.2, 0) is 6.54 Å².